The molecule has 0 fully saturated rings. The Bertz CT molecular complexity index is 759. The van der Waals surface area contributed by atoms with Crippen LogP contribution in [0.3, 0.4) is 0 Å². The molecule has 3 aromatic rings. The normalized spacial score (nSPS) is 11.5. The van der Waals surface area contributed by atoms with Crippen molar-refractivity contribution in [2.75, 3.05) is 33.0 Å². The number of benzene rings is 1. The number of H-pyrrole nitrogens is 1. The number of aromatic nitrogens is 3. The van der Waals surface area contributed by atoms with Gasteiger partial charge in [-0.25, -0.2) is 0 Å². The Morgan fingerprint density at radius 3 is 2.91 bits per heavy atom. The third kappa shape index (κ3) is 3.12. The van der Waals surface area contributed by atoms with Crippen molar-refractivity contribution >= 4 is 16.9 Å². The number of likely N-dealkylation sites (N-methyl/N-ethyl adjacent to an activating group) is 1. The molecule has 0 aliphatic heterocycles. The monoisotopic (exact) mass is 299 g/mol. The SMILES string of the molecule is CNc1noc(Cc2ccc3[nH]cc(CCN(C)C)c3c2)n1. The lowest BCUT2D eigenvalue weighted by Crippen LogP contribution is -2.14. The summed E-state index contributed by atoms with van der Waals surface area (Å²) in [4.78, 5) is 9.80. The Hall–Kier alpha value is -2.34. The fourth-order valence-electron chi connectivity index (χ4n) is 2.49. The van der Waals surface area contributed by atoms with Gasteiger partial charge in [-0.3, -0.25) is 0 Å². The van der Waals surface area contributed by atoms with Gasteiger partial charge >= 0.3 is 0 Å². The highest BCUT2D eigenvalue weighted by molar-refractivity contribution is 5.84. The topological polar surface area (TPSA) is 70.0 Å². The van der Waals surface area contributed by atoms with Crippen LogP contribution < -0.4 is 5.32 Å². The van der Waals surface area contributed by atoms with Crippen LogP contribution in [0.2, 0.25) is 0 Å². The second-order valence-corrected chi connectivity index (χ2v) is 5.69. The lowest BCUT2D eigenvalue weighted by molar-refractivity contribution is 0.386. The summed E-state index contributed by atoms with van der Waals surface area (Å²) in [6.45, 7) is 1.03. The van der Waals surface area contributed by atoms with Crippen LogP contribution in [0.4, 0.5) is 5.95 Å². The first-order valence-corrected chi connectivity index (χ1v) is 7.39. The molecular weight excluding hydrogens is 278 g/mol. The van der Waals surface area contributed by atoms with E-state index in [1.165, 1.54) is 22.0 Å². The van der Waals surface area contributed by atoms with Gasteiger partial charge in [0.25, 0.3) is 5.95 Å². The summed E-state index contributed by atoms with van der Waals surface area (Å²) < 4.78 is 5.22. The summed E-state index contributed by atoms with van der Waals surface area (Å²) in [5.41, 5.74) is 3.68. The van der Waals surface area contributed by atoms with Crippen molar-refractivity contribution in [1.29, 1.82) is 0 Å². The summed E-state index contributed by atoms with van der Waals surface area (Å²) in [6, 6.07) is 6.41. The van der Waals surface area contributed by atoms with Gasteiger partial charge in [-0.15, -0.1) is 0 Å². The maximum absolute atomic E-state index is 5.22. The molecule has 3 rings (SSSR count). The highest BCUT2D eigenvalue weighted by Gasteiger charge is 2.09. The first kappa shape index (κ1) is 14.6. The molecule has 22 heavy (non-hydrogen) atoms. The molecular formula is C16H21N5O. The minimum absolute atomic E-state index is 0.518. The van der Waals surface area contributed by atoms with Crippen LogP contribution >= 0.6 is 0 Å². The maximum Gasteiger partial charge on any atom is 0.263 e. The smallest absolute Gasteiger partial charge is 0.263 e. The molecule has 1 aromatic carbocycles. The van der Waals surface area contributed by atoms with Crippen molar-refractivity contribution in [2.45, 2.75) is 12.8 Å². The van der Waals surface area contributed by atoms with Crippen LogP contribution in [0.5, 0.6) is 0 Å². The molecule has 6 heteroatoms. The first-order chi connectivity index (χ1) is 10.7. The van der Waals surface area contributed by atoms with Crippen LogP contribution in [-0.4, -0.2) is 47.7 Å². The molecule has 2 N–H and O–H groups in total. The minimum atomic E-state index is 0.518. The van der Waals surface area contributed by atoms with Gasteiger partial charge in [0.2, 0.25) is 5.89 Å². The number of nitrogens with zero attached hydrogens (tertiary/aromatic N) is 3. The van der Waals surface area contributed by atoms with Crippen molar-refractivity contribution in [3.05, 3.63) is 41.4 Å². The van der Waals surface area contributed by atoms with Crippen LogP contribution in [0.1, 0.15) is 17.0 Å². The number of hydrogen-bond donors (Lipinski definition) is 2. The molecule has 0 radical (unpaired) electrons. The van der Waals surface area contributed by atoms with Crippen molar-refractivity contribution < 1.29 is 4.52 Å². The zero-order chi connectivity index (χ0) is 15.5. The van der Waals surface area contributed by atoms with E-state index in [4.69, 9.17) is 4.52 Å². The van der Waals surface area contributed by atoms with E-state index in [0.29, 0.717) is 18.3 Å². The van der Waals surface area contributed by atoms with Gasteiger partial charge in [0.1, 0.15) is 0 Å². The summed E-state index contributed by atoms with van der Waals surface area (Å²) in [7, 11) is 5.96. The van der Waals surface area contributed by atoms with Gasteiger partial charge in [-0.05, 0) is 48.9 Å². The fourth-order valence-corrected chi connectivity index (χ4v) is 2.49. The Morgan fingerprint density at radius 2 is 2.18 bits per heavy atom. The number of aromatic amines is 1. The Morgan fingerprint density at radius 1 is 1.32 bits per heavy atom. The number of fused-ring (bicyclic) bond motifs is 1. The minimum Gasteiger partial charge on any atom is -0.361 e. The molecule has 0 saturated carbocycles. The number of hydrogen-bond acceptors (Lipinski definition) is 5. The van der Waals surface area contributed by atoms with E-state index < -0.39 is 0 Å². The highest BCUT2D eigenvalue weighted by atomic mass is 16.5. The van der Waals surface area contributed by atoms with Gasteiger partial charge in [0.15, 0.2) is 0 Å². The lowest BCUT2D eigenvalue weighted by Gasteiger charge is -2.08. The molecule has 0 unspecified atom stereocenters. The van der Waals surface area contributed by atoms with Crippen molar-refractivity contribution in [3.8, 4) is 0 Å². The zero-order valence-electron chi connectivity index (χ0n) is 13.2. The molecule has 2 heterocycles. The quantitative estimate of drug-likeness (QED) is 0.731. The van der Waals surface area contributed by atoms with Crippen LogP contribution in [-0.2, 0) is 12.8 Å². The molecule has 0 spiro atoms. The van der Waals surface area contributed by atoms with Gasteiger partial charge in [-0.2, -0.15) is 4.98 Å². The first-order valence-electron chi connectivity index (χ1n) is 7.39. The molecule has 0 amide bonds. The van der Waals surface area contributed by atoms with Crippen LogP contribution in [0.15, 0.2) is 28.9 Å². The predicted octanol–water partition coefficient (Wildman–Crippen LogP) is 2.29. The van der Waals surface area contributed by atoms with E-state index in [1.807, 2.05) is 0 Å². The molecule has 116 valence electrons. The van der Waals surface area contributed by atoms with Gasteiger partial charge in [0, 0.05) is 30.7 Å². The van der Waals surface area contributed by atoms with E-state index in [9.17, 15) is 0 Å². The van der Waals surface area contributed by atoms with Gasteiger partial charge < -0.3 is 19.7 Å². The molecule has 0 saturated heterocycles. The largest absolute Gasteiger partial charge is 0.361 e. The second-order valence-electron chi connectivity index (χ2n) is 5.69. The fraction of sp³-hybridized carbons (Fsp3) is 0.375. The molecule has 2 aromatic heterocycles. The van der Waals surface area contributed by atoms with E-state index in [0.717, 1.165) is 13.0 Å². The van der Waals surface area contributed by atoms with Crippen molar-refractivity contribution in [3.63, 3.8) is 0 Å². The number of nitrogens with one attached hydrogen (secondary N) is 2. The van der Waals surface area contributed by atoms with Crippen molar-refractivity contribution in [1.82, 2.24) is 20.0 Å². The predicted molar refractivity (Wildman–Crippen MR) is 87.2 cm³/mol. The summed E-state index contributed by atoms with van der Waals surface area (Å²) in [6.07, 6.45) is 3.77. The van der Waals surface area contributed by atoms with Gasteiger partial charge in [-0.1, -0.05) is 6.07 Å². The van der Waals surface area contributed by atoms with Gasteiger partial charge in [0.05, 0.1) is 6.42 Å². The maximum atomic E-state index is 5.22. The second kappa shape index (κ2) is 6.19. The Balaban J connectivity index is 1.83. The standard InChI is InChI=1S/C16H21N5O/c1-17-16-19-15(22-20-16)9-11-4-5-14-13(8-11)12(10-18-14)6-7-21(2)3/h4-5,8,10,18H,6-7,9H2,1-3H3,(H,17,20). The van der Waals surface area contributed by atoms with E-state index in [-0.39, 0.29) is 0 Å². The molecule has 0 aliphatic rings. The molecule has 6 nitrogen and oxygen atoms in total. The number of anilines is 1. The van der Waals surface area contributed by atoms with Crippen LogP contribution in [0.25, 0.3) is 10.9 Å². The molecule has 0 atom stereocenters. The number of rotatable bonds is 6. The molecule has 0 aliphatic carbocycles. The summed E-state index contributed by atoms with van der Waals surface area (Å²) in [5.74, 6) is 1.14. The summed E-state index contributed by atoms with van der Waals surface area (Å²) >= 11 is 0. The molecule has 0 bridgehead atoms. The van der Waals surface area contributed by atoms with E-state index in [2.05, 4.69) is 63.8 Å². The average molecular weight is 299 g/mol. The zero-order valence-corrected chi connectivity index (χ0v) is 13.2. The summed E-state index contributed by atoms with van der Waals surface area (Å²) in [5, 5.41) is 7.98. The average Bonchev–Trinajstić information content (AvgIpc) is 3.11. The lowest BCUT2D eigenvalue weighted by atomic mass is 10.1. The Labute approximate surface area is 129 Å². The third-order valence-corrected chi connectivity index (χ3v) is 3.71. The highest BCUT2D eigenvalue weighted by Crippen LogP contribution is 2.22. The Kier molecular flexibility index (Phi) is 4.11. The van der Waals surface area contributed by atoms with Crippen LogP contribution in [0, 0.1) is 0 Å². The third-order valence-electron chi connectivity index (χ3n) is 3.71. The van der Waals surface area contributed by atoms with E-state index >= 15 is 0 Å². The van der Waals surface area contributed by atoms with E-state index in [1.54, 1.807) is 7.05 Å². The van der Waals surface area contributed by atoms with Crippen molar-refractivity contribution in [2.24, 2.45) is 0 Å².